The van der Waals surface area contributed by atoms with Gasteiger partial charge in [-0.25, -0.2) is 0 Å². The van der Waals surface area contributed by atoms with Crippen LogP contribution in [-0.4, -0.2) is 43.8 Å². The SMILES string of the molecule is COc1c(Cl)cc(C(O)C(N)CCN(C)C)cc1Cl. The maximum atomic E-state index is 10.2. The highest BCUT2D eigenvalue weighted by Gasteiger charge is 2.20. The second-order valence-corrected chi connectivity index (χ2v) is 5.53. The van der Waals surface area contributed by atoms with Gasteiger partial charge in [0.25, 0.3) is 0 Å². The van der Waals surface area contributed by atoms with E-state index in [-0.39, 0.29) is 6.04 Å². The molecule has 6 heteroatoms. The third-order valence-electron chi connectivity index (χ3n) is 2.88. The van der Waals surface area contributed by atoms with Crippen LogP contribution in [0.1, 0.15) is 18.1 Å². The standard InChI is InChI=1S/C13H20Cl2N2O2/c1-17(2)5-4-11(16)12(18)8-6-9(14)13(19-3)10(15)7-8/h6-7,11-12,18H,4-5,16H2,1-3H3. The number of rotatable bonds is 6. The quantitative estimate of drug-likeness (QED) is 0.847. The molecule has 4 nitrogen and oxygen atoms in total. The lowest BCUT2D eigenvalue weighted by molar-refractivity contribution is 0.137. The zero-order chi connectivity index (χ0) is 14.6. The predicted octanol–water partition coefficient (Wildman–Crippen LogP) is 2.31. The maximum Gasteiger partial charge on any atom is 0.156 e. The van der Waals surface area contributed by atoms with Gasteiger partial charge in [-0.3, -0.25) is 0 Å². The molecule has 2 atom stereocenters. The molecule has 1 aromatic carbocycles. The molecule has 108 valence electrons. The zero-order valence-electron chi connectivity index (χ0n) is 11.4. The Morgan fingerprint density at radius 1 is 1.32 bits per heavy atom. The van der Waals surface area contributed by atoms with Crippen LogP contribution in [0.2, 0.25) is 10.0 Å². The predicted molar refractivity (Wildman–Crippen MR) is 79.1 cm³/mol. The molecule has 0 aliphatic heterocycles. The van der Waals surface area contributed by atoms with Gasteiger partial charge in [-0.2, -0.15) is 0 Å². The molecule has 19 heavy (non-hydrogen) atoms. The Hall–Kier alpha value is -0.520. The highest BCUT2D eigenvalue weighted by molar-refractivity contribution is 6.37. The molecule has 0 spiro atoms. The van der Waals surface area contributed by atoms with Gasteiger partial charge in [-0.15, -0.1) is 0 Å². The number of nitrogens with two attached hydrogens (primary N) is 1. The highest BCUT2D eigenvalue weighted by atomic mass is 35.5. The van der Waals surface area contributed by atoms with E-state index in [9.17, 15) is 5.11 Å². The van der Waals surface area contributed by atoms with E-state index >= 15 is 0 Å². The van der Waals surface area contributed by atoms with Gasteiger partial charge in [-0.05, 0) is 44.8 Å². The lowest BCUT2D eigenvalue weighted by Gasteiger charge is -2.22. The van der Waals surface area contributed by atoms with E-state index in [1.54, 1.807) is 12.1 Å². The Balaban J connectivity index is 2.85. The fraction of sp³-hybridized carbons (Fsp3) is 0.538. The van der Waals surface area contributed by atoms with E-state index in [2.05, 4.69) is 0 Å². The molecule has 0 amide bonds. The van der Waals surface area contributed by atoms with Gasteiger partial charge in [0.1, 0.15) is 0 Å². The molecule has 0 heterocycles. The largest absolute Gasteiger partial charge is 0.494 e. The van der Waals surface area contributed by atoms with Crippen LogP contribution in [0.15, 0.2) is 12.1 Å². The summed E-state index contributed by atoms with van der Waals surface area (Å²) in [4.78, 5) is 2.01. The van der Waals surface area contributed by atoms with Crippen molar-refractivity contribution in [3.05, 3.63) is 27.7 Å². The van der Waals surface area contributed by atoms with Gasteiger partial charge in [0.15, 0.2) is 5.75 Å². The van der Waals surface area contributed by atoms with Crippen LogP contribution in [0.5, 0.6) is 5.75 Å². The van der Waals surface area contributed by atoms with Gasteiger partial charge in [0.2, 0.25) is 0 Å². The highest BCUT2D eigenvalue weighted by Crippen LogP contribution is 2.36. The van der Waals surface area contributed by atoms with E-state index < -0.39 is 6.10 Å². The first-order chi connectivity index (χ1) is 8.86. The third-order valence-corrected chi connectivity index (χ3v) is 3.44. The summed E-state index contributed by atoms with van der Waals surface area (Å²) in [5, 5.41) is 10.9. The van der Waals surface area contributed by atoms with Crippen molar-refractivity contribution in [2.45, 2.75) is 18.6 Å². The molecule has 0 fully saturated rings. The summed E-state index contributed by atoms with van der Waals surface area (Å²) in [7, 11) is 5.41. The lowest BCUT2D eigenvalue weighted by Crippen LogP contribution is -2.32. The van der Waals surface area contributed by atoms with Crippen molar-refractivity contribution in [1.29, 1.82) is 0 Å². The molecule has 1 rings (SSSR count). The molecule has 3 N–H and O–H groups in total. The number of aliphatic hydroxyl groups excluding tert-OH is 1. The fourth-order valence-corrected chi connectivity index (χ4v) is 2.42. The first-order valence-corrected chi connectivity index (χ1v) is 6.73. The van der Waals surface area contributed by atoms with E-state index in [1.165, 1.54) is 7.11 Å². The van der Waals surface area contributed by atoms with Crippen molar-refractivity contribution in [3.63, 3.8) is 0 Å². The molecular formula is C13H20Cl2N2O2. The van der Waals surface area contributed by atoms with Crippen molar-refractivity contribution in [2.24, 2.45) is 5.73 Å². The minimum absolute atomic E-state index is 0.365. The molecule has 0 saturated carbocycles. The summed E-state index contributed by atoms with van der Waals surface area (Å²) in [6.45, 7) is 0.801. The van der Waals surface area contributed by atoms with Gasteiger partial charge in [0, 0.05) is 6.04 Å². The van der Waals surface area contributed by atoms with Crippen molar-refractivity contribution in [2.75, 3.05) is 27.7 Å². The molecule has 0 aromatic heterocycles. The Kier molecular flexibility index (Phi) is 6.36. The van der Waals surface area contributed by atoms with Crippen molar-refractivity contribution >= 4 is 23.2 Å². The minimum Gasteiger partial charge on any atom is -0.494 e. The number of methoxy groups -OCH3 is 1. The lowest BCUT2D eigenvalue weighted by atomic mass is 10.00. The maximum absolute atomic E-state index is 10.2. The second-order valence-electron chi connectivity index (χ2n) is 4.72. The number of hydrogen-bond acceptors (Lipinski definition) is 4. The van der Waals surface area contributed by atoms with Gasteiger partial charge < -0.3 is 20.5 Å². The Morgan fingerprint density at radius 2 is 1.84 bits per heavy atom. The molecule has 0 saturated heterocycles. The summed E-state index contributed by atoms with van der Waals surface area (Å²) in [6, 6.07) is 2.89. The van der Waals surface area contributed by atoms with Crippen molar-refractivity contribution in [1.82, 2.24) is 4.90 Å². The van der Waals surface area contributed by atoms with Crippen LogP contribution in [-0.2, 0) is 0 Å². The van der Waals surface area contributed by atoms with Crippen LogP contribution in [0.3, 0.4) is 0 Å². The summed E-state index contributed by atoms with van der Waals surface area (Å²) in [5.74, 6) is 0.404. The zero-order valence-corrected chi connectivity index (χ0v) is 12.9. The Labute approximate surface area is 124 Å². The molecule has 0 bridgehead atoms. The first-order valence-electron chi connectivity index (χ1n) is 5.98. The smallest absolute Gasteiger partial charge is 0.156 e. The van der Waals surface area contributed by atoms with E-state index in [4.69, 9.17) is 33.7 Å². The Morgan fingerprint density at radius 3 is 2.26 bits per heavy atom. The summed E-state index contributed by atoms with van der Waals surface area (Å²) < 4.78 is 5.07. The minimum atomic E-state index is -0.805. The molecule has 1 aromatic rings. The third kappa shape index (κ3) is 4.51. The van der Waals surface area contributed by atoms with Crippen LogP contribution >= 0.6 is 23.2 Å². The first kappa shape index (κ1) is 16.5. The average molecular weight is 307 g/mol. The van der Waals surface area contributed by atoms with Crippen molar-refractivity contribution < 1.29 is 9.84 Å². The summed E-state index contributed by atoms with van der Waals surface area (Å²) in [5.41, 5.74) is 6.57. The summed E-state index contributed by atoms with van der Waals surface area (Å²) in [6.07, 6.45) is -0.129. The van der Waals surface area contributed by atoms with Gasteiger partial charge in [0.05, 0.1) is 23.3 Å². The average Bonchev–Trinajstić information content (AvgIpc) is 2.34. The Bertz CT molecular complexity index is 404. The molecular weight excluding hydrogens is 287 g/mol. The normalized spacial score (nSPS) is 14.5. The number of benzene rings is 1. The second kappa shape index (κ2) is 7.31. The number of halogens is 2. The van der Waals surface area contributed by atoms with E-state index in [0.717, 1.165) is 6.54 Å². The molecule has 0 aliphatic carbocycles. The molecule has 2 unspecified atom stereocenters. The van der Waals surface area contributed by atoms with Gasteiger partial charge >= 0.3 is 0 Å². The molecule has 0 radical (unpaired) electrons. The van der Waals surface area contributed by atoms with Crippen LogP contribution < -0.4 is 10.5 Å². The van der Waals surface area contributed by atoms with Crippen LogP contribution in [0.25, 0.3) is 0 Å². The number of ether oxygens (including phenoxy) is 1. The fourth-order valence-electron chi connectivity index (χ4n) is 1.76. The van der Waals surface area contributed by atoms with Crippen LogP contribution in [0, 0.1) is 0 Å². The number of hydrogen-bond donors (Lipinski definition) is 2. The van der Waals surface area contributed by atoms with Crippen LogP contribution in [0.4, 0.5) is 0 Å². The number of aliphatic hydroxyl groups is 1. The van der Waals surface area contributed by atoms with Crippen molar-refractivity contribution in [3.8, 4) is 5.75 Å². The monoisotopic (exact) mass is 306 g/mol. The summed E-state index contributed by atoms with van der Waals surface area (Å²) >= 11 is 12.1. The molecule has 0 aliphatic rings. The van der Waals surface area contributed by atoms with E-state index in [1.807, 2.05) is 19.0 Å². The van der Waals surface area contributed by atoms with E-state index in [0.29, 0.717) is 27.8 Å². The van der Waals surface area contributed by atoms with Gasteiger partial charge in [-0.1, -0.05) is 23.2 Å². The number of nitrogens with zero attached hydrogens (tertiary/aromatic N) is 1. The topological polar surface area (TPSA) is 58.7 Å².